The Morgan fingerprint density at radius 3 is 2.67 bits per heavy atom. The molecule has 1 heterocycles. The lowest BCUT2D eigenvalue weighted by Crippen LogP contribution is -2.37. The first-order chi connectivity index (χ1) is 8.58. The third-order valence-electron chi connectivity index (χ3n) is 3.42. The van der Waals surface area contributed by atoms with Crippen molar-refractivity contribution in [3.8, 4) is 0 Å². The van der Waals surface area contributed by atoms with Crippen LogP contribution in [0.25, 0.3) is 0 Å². The molecule has 0 radical (unpaired) electrons. The number of carbonyl (C=O) groups is 1. The van der Waals surface area contributed by atoms with E-state index in [4.69, 9.17) is 0 Å². The summed E-state index contributed by atoms with van der Waals surface area (Å²) in [5.41, 5.74) is 0. The molecule has 0 amide bonds. The Morgan fingerprint density at radius 1 is 1.50 bits per heavy atom. The summed E-state index contributed by atoms with van der Waals surface area (Å²) in [7, 11) is 0. The highest BCUT2D eigenvalue weighted by Gasteiger charge is 2.26. The number of aliphatic carboxylic acids is 1. The molecular weight excluding hydrogens is 314 g/mol. The van der Waals surface area contributed by atoms with Crippen LogP contribution >= 0.6 is 27.3 Å². The lowest BCUT2D eigenvalue weighted by atomic mass is 9.95. The van der Waals surface area contributed by atoms with Gasteiger partial charge in [-0.05, 0) is 41.8 Å². The minimum atomic E-state index is -0.783. The summed E-state index contributed by atoms with van der Waals surface area (Å²) in [5, 5.41) is 12.7. The Kier molecular flexibility index (Phi) is 4.81. The van der Waals surface area contributed by atoms with E-state index >= 15 is 0 Å². The normalized spacial score (nSPS) is 18.8. The molecule has 100 valence electrons. The number of rotatable bonds is 4. The maximum absolute atomic E-state index is 11.4. The lowest BCUT2D eigenvalue weighted by molar-refractivity contribution is -0.139. The molecule has 2 rings (SSSR count). The Balaban J connectivity index is 2.10. The molecule has 1 aromatic heterocycles. The zero-order valence-electron chi connectivity index (χ0n) is 10.4. The molecule has 18 heavy (non-hydrogen) atoms. The Morgan fingerprint density at radius 2 is 2.17 bits per heavy atom. The highest BCUT2D eigenvalue weighted by molar-refractivity contribution is 9.10. The highest BCUT2D eigenvalue weighted by atomic mass is 79.9. The van der Waals surface area contributed by atoms with Crippen LogP contribution in [0.4, 0.5) is 0 Å². The molecular formula is C13H18BrNO2S. The first-order valence-electron chi connectivity index (χ1n) is 6.32. The van der Waals surface area contributed by atoms with E-state index in [-0.39, 0.29) is 0 Å². The molecule has 0 saturated heterocycles. The minimum Gasteiger partial charge on any atom is -0.480 e. The van der Waals surface area contributed by atoms with Gasteiger partial charge in [-0.1, -0.05) is 19.3 Å². The van der Waals surface area contributed by atoms with Gasteiger partial charge in [0.05, 0.1) is 0 Å². The van der Waals surface area contributed by atoms with Gasteiger partial charge in [-0.25, -0.2) is 0 Å². The molecule has 1 saturated carbocycles. The second-order valence-corrected chi connectivity index (χ2v) is 6.97. The molecule has 0 aromatic carbocycles. The number of nitrogens with one attached hydrogen (secondary N) is 1. The monoisotopic (exact) mass is 331 g/mol. The quantitative estimate of drug-likeness (QED) is 0.880. The molecule has 1 atom stereocenters. The summed E-state index contributed by atoms with van der Waals surface area (Å²) in [6.45, 7) is 2.00. The Labute approximate surface area is 120 Å². The Bertz CT molecular complexity index is 407. The number of aryl methyl sites for hydroxylation is 1. The average molecular weight is 332 g/mol. The molecule has 1 unspecified atom stereocenters. The maximum Gasteiger partial charge on any atom is 0.326 e. The van der Waals surface area contributed by atoms with Crippen molar-refractivity contribution >= 4 is 33.2 Å². The number of carboxylic acids is 1. The predicted molar refractivity (Wildman–Crippen MR) is 77.1 cm³/mol. The van der Waals surface area contributed by atoms with Crippen molar-refractivity contribution in [1.82, 2.24) is 5.32 Å². The molecule has 0 spiro atoms. The van der Waals surface area contributed by atoms with Gasteiger partial charge in [-0.3, -0.25) is 10.1 Å². The third kappa shape index (κ3) is 3.33. The van der Waals surface area contributed by atoms with Crippen molar-refractivity contribution < 1.29 is 9.90 Å². The molecule has 0 bridgehead atoms. The fourth-order valence-corrected chi connectivity index (χ4v) is 4.02. The van der Waals surface area contributed by atoms with E-state index in [0.29, 0.717) is 6.04 Å². The minimum absolute atomic E-state index is 0.348. The van der Waals surface area contributed by atoms with E-state index in [9.17, 15) is 9.90 Å². The SMILES string of the molecule is Cc1sc(C(NC2CCCCC2)C(=O)O)cc1Br. The van der Waals surface area contributed by atoms with Crippen molar-refractivity contribution in [2.45, 2.75) is 51.1 Å². The van der Waals surface area contributed by atoms with Crippen molar-refractivity contribution in [3.05, 3.63) is 20.3 Å². The van der Waals surface area contributed by atoms with Gasteiger partial charge >= 0.3 is 5.97 Å². The van der Waals surface area contributed by atoms with Crippen LogP contribution in [0.5, 0.6) is 0 Å². The summed E-state index contributed by atoms with van der Waals surface area (Å²) in [6, 6.07) is 1.71. The number of carboxylic acid groups (broad SMARTS) is 1. The zero-order chi connectivity index (χ0) is 13.1. The van der Waals surface area contributed by atoms with Gasteiger partial charge in [-0.2, -0.15) is 0 Å². The van der Waals surface area contributed by atoms with Crippen LogP contribution in [-0.2, 0) is 4.79 Å². The Hall–Kier alpha value is -0.390. The summed E-state index contributed by atoms with van der Waals surface area (Å²) >= 11 is 5.00. The third-order valence-corrected chi connectivity index (χ3v) is 5.62. The zero-order valence-corrected chi connectivity index (χ0v) is 12.8. The van der Waals surface area contributed by atoms with Gasteiger partial charge in [0.15, 0.2) is 0 Å². The van der Waals surface area contributed by atoms with Crippen LogP contribution in [0.3, 0.4) is 0 Å². The van der Waals surface area contributed by atoms with Crippen LogP contribution in [0, 0.1) is 6.92 Å². The second-order valence-electron chi connectivity index (χ2n) is 4.83. The number of hydrogen-bond donors (Lipinski definition) is 2. The molecule has 2 N–H and O–H groups in total. The summed E-state index contributed by atoms with van der Waals surface area (Å²) in [6.07, 6.45) is 5.87. The lowest BCUT2D eigenvalue weighted by Gasteiger charge is -2.26. The predicted octanol–water partition coefficient (Wildman–Crippen LogP) is 3.87. The summed E-state index contributed by atoms with van der Waals surface area (Å²) in [4.78, 5) is 13.4. The van der Waals surface area contributed by atoms with Crippen LogP contribution in [0.15, 0.2) is 10.5 Å². The highest BCUT2D eigenvalue weighted by Crippen LogP contribution is 2.32. The molecule has 1 aromatic rings. The fourth-order valence-electron chi connectivity index (χ4n) is 2.40. The molecule has 1 aliphatic carbocycles. The van der Waals surface area contributed by atoms with E-state index in [1.165, 1.54) is 19.3 Å². The largest absolute Gasteiger partial charge is 0.480 e. The number of hydrogen-bond acceptors (Lipinski definition) is 3. The fraction of sp³-hybridized carbons (Fsp3) is 0.615. The van der Waals surface area contributed by atoms with Gasteiger partial charge < -0.3 is 5.11 Å². The van der Waals surface area contributed by atoms with Crippen LogP contribution in [-0.4, -0.2) is 17.1 Å². The second kappa shape index (κ2) is 6.17. The number of thiophene rings is 1. The van der Waals surface area contributed by atoms with E-state index in [2.05, 4.69) is 21.2 Å². The van der Waals surface area contributed by atoms with Crippen LogP contribution in [0.1, 0.15) is 47.9 Å². The molecule has 5 heteroatoms. The number of halogens is 1. The summed E-state index contributed by atoms with van der Waals surface area (Å²) < 4.78 is 0.999. The average Bonchev–Trinajstić information content (AvgIpc) is 2.67. The van der Waals surface area contributed by atoms with Gasteiger partial charge in [0, 0.05) is 20.3 Å². The van der Waals surface area contributed by atoms with E-state index in [1.54, 1.807) is 11.3 Å². The maximum atomic E-state index is 11.4. The van der Waals surface area contributed by atoms with Crippen LogP contribution in [0.2, 0.25) is 0 Å². The van der Waals surface area contributed by atoms with E-state index in [1.807, 2.05) is 13.0 Å². The molecule has 1 fully saturated rings. The first-order valence-corrected chi connectivity index (χ1v) is 7.93. The standard InChI is InChI=1S/C13H18BrNO2S/c1-8-10(14)7-11(18-8)12(13(16)17)15-9-5-3-2-4-6-9/h7,9,12,15H,2-6H2,1H3,(H,16,17). The van der Waals surface area contributed by atoms with Crippen molar-refractivity contribution in [1.29, 1.82) is 0 Å². The van der Waals surface area contributed by atoms with Gasteiger partial charge in [0.2, 0.25) is 0 Å². The van der Waals surface area contributed by atoms with Gasteiger partial charge in [0.25, 0.3) is 0 Å². The van der Waals surface area contributed by atoms with E-state index in [0.717, 1.165) is 27.1 Å². The van der Waals surface area contributed by atoms with Crippen LogP contribution < -0.4 is 5.32 Å². The topological polar surface area (TPSA) is 49.3 Å². The van der Waals surface area contributed by atoms with Crippen molar-refractivity contribution in [2.24, 2.45) is 0 Å². The van der Waals surface area contributed by atoms with Gasteiger partial charge in [-0.15, -0.1) is 11.3 Å². The van der Waals surface area contributed by atoms with Crippen molar-refractivity contribution in [3.63, 3.8) is 0 Å². The smallest absolute Gasteiger partial charge is 0.326 e. The molecule has 3 nitrogen and oxygen atoms in total. The molecule has 1 aliphatic rings. The van der Waals surface area contributed by atoms with E-state index < -0.39 is 12.0 Å². The van der Waals surface area contributed by atoms with Gasteiger partial charge in [0.1, 0.15) is 6.04 Å². The first kappa shape index (κ1) is 14.0. The summed E-state index contributed by atoms with van der Waals surface area (Å²) in [5.74, 6) is -0.783. The molecule has 0 aliphatic heterocycles. The van der Waals surface area contributed by atoms with Crippen molar-refractivity contribution in [2.75, 3.05) is 0 Å².